The summed E-state index contributed by atoms with van der Waals surface area (Å²) in [5.74, 6) is 0.491. The summed E-state index contributed by atoms with van der Waals surface area (Å²) in [6.07, 6.45) is 3.82. The first-order valence-electron chi connectivity index (χ1n) is 10.5. The fourth-order valence-electron chi connectivity index (χ4n) is 4.13. The highest BCUT2D eigenvalue weighted by atomic mass is 16.2. The van der Waals surface area contributed by atoms with E-state index in [0.717, 1.165) is 33.5 Å². The van der Waals surface area contributed by atoms with Gasteiger partial charge in [-0.05, 0) is 41.5 Å². The van der Waals surface area contributed by atoms with E-state index in [-0.39, 0.29) is 24.3 Å². The Labute approximate surface area is 185 Å². The topological polar surface area (TPSA) is 78.1 Å². The van der Waals surface area contributed by atoms with Gasteiger partial charge < -0.3 is 15.2 Å². The summed E-state index contributed by atoms with van der Waals surface area (Å²) in [7, 11) is 0. The smallest absolute Gasteiger partial charge is 0.226 e. The second-order valence-electron chi connectivity index (χ2n) is 7.82. The highest BCUT2D eigenvalue weighted by molar-refractivity contribution is 5.93. The van der Waals surface area contributed by atoms with Gasteiger partial charge in [-0.25, -0.2) is 4.98 Å². The first-order valence-corrected chi connectivity index (χ1v) is 10.5. The van der Waals surface area contributed by atoms with Gasteiger partial charge in [-0.15, -0.1) is 0 Å². The fourth-order valence-corrected chi connectivity index (χ4v) is 4.13. The molecule has 5 rings (SSSR count). The van der Waals surface area contributed by atoms with Crippen molar-refractivity contribution in [1.29, 1.82) is 0 Å². The maximum Gasteiger partial charge on any atom is 0.226 e. The average Bonchev–Trinajstić information content (AvgIpc) is 3.24. The molecule has 3 aromatic carbocycles. The second kappa shape index (κ2) is 8.15. The highest BCUT2D eigenvalue weighted by Gasteiger charge is 2.28. The van der Waals surface area contributed by atoms with Crippen molar-refractivity contribution in [1.82, 2.24) is 14.9 Å². The maximum absolute atomic E-state index is 13.0. The van der Waals surface area contributed by atoms with Gasteiger partial charge in [0.2, 0.25) is 11.8 Å². The summed E-state index contributed by atoms with van der Waals surface area (Å²) >= 11 is 0. The molecule has 6 nitrogen and oxygen atoms in total. The van der Waals surface area contributed by atoms with Crippen LogP contribution in [0.25, 0.3) is 28.5 Å². The number of anilines is 1. The number of imidazole rings is 1. The van der Waals surface area contributed by atoms with Gasteiger partial charge in [-0.1, -0.05) is 48.5 Å². The normalized spacial score (nSPS) is 14.9. The minimum atomic E-state index is -0.341. The van der Waals surface area contributed by atoms with E-state index in [1.807, 2.05) is 78.9 Å². The lowest BCUT2D eigenvalue weighted by atomic mass is 9.93. The lowest BCUT2D eigenvalue weighted by molar-refractivity contribution is -0.129. The summed E-state index contributed by atoms with van der Waals surface area (Å²) in [6, 6.07) is 22.9. The highest BCUT2D eigenvalue weighted by Crippen LogP contribution is 2.33. The Morgan fingerprint density at radius 3 is 2.69 bits per heavy atom. The van der Waals surface area contributed by atoms with Crippen LogP contribution in [0.15, 0.2) is 79.0 Å². The molecule has 0 saturated heterocycles. The van der Waals surface area contributed by atoms with Crippen molar-refractivity contribution in [2.75, 3.05) is 5.32 Å². The molecule has 6 heteroatoms. The van der Waals surface area contributed by atoms with Gasteiger partial charge >= 0.3 is 0 Å². The number of amides is 2. The van der Waals surface area contributed by atoms with E-state index in [1.165, 1.54) is 6.92 Å². The molecule has 1 atom stereocenters. The van der Waals surface area contributed by atoms with Crippen molar-refractivity contribution < 1.29 is 9.59 Å². The lowest BCUT2D eigenvalue weighted by Gasteiger charge is -2.32. The molecule has 1 aromatic heterocycles. The first-order chi connectivity index (χ1) is 15.6. The fraction of sp³-hybridized carbons (Fsp3) is 0.115. The monoisotopic (exact) mass is 422 g/mol. The number of para-hydroxylation sites is 2. The quantitative estimate of drug-likeness (QED) is 0.478. The number of hydrogen-bond acceptors (Lipinski definition) is 3. The number of rotatable bonds is 4. The van der Waals surface area contributed by atoms with Crippen molar-refractivity contribution in [2.24, 2.45) is 0 Å². The number of nitrogens with zero attached hydrogens (tertiary/aromatic N) is 2. The predicted molar refractivity (Wildman–Crippen MR) is 126 cm³/mol. The van der Waals surface area contributed by atoms with E-state index in [0.29, 0.717) is 5.69 Å². The standard InChI is InChI=1S/C26H22N4O2/c1-17(31)30-14-13-18-7-2-3-10-21(18)24(30)16-25(32)27-20-9-6-8-19(15-20)26-28-22-11-4-5-12-23(22)29-26/h2-15,24H,16H2,1H3,(H,27,32)(H,28,29). The summed E-state index contributed by atoms with van der Waals surface area (Å²) in [5.41, 5.74) is 5.42. The Balaban J connectivity index is 1.36. The SMILES string of the molecule is CC(=O)N1C=Cc2ccccc2C1CC(=O)Nc1cccc(-c2nc3ccccc3[nH]2)c1. The molecule has 1 aliphatic heterocycles. The van der Waals surface area contributed by atoms with E-state index in [4.69, 9.17) is 0 Å². The van der Waals surface area contributed by atoms with Crippen LogP contribution in [0.2, 0.25) is 0 Å². The number of H-pyrrole nitrogens is 1. The molecule has 158 valence electrons. The zero-order valence-corrected chi connectivity index (χ0v) is 17.6. The van der Waals surface area contributed by atoms with E-state index >= 15 is 0 Å². The zero-order valence-electron chi connectivity index (χ0n) is 17.6. The molecule has 32 heavy (non-hydrogen) atoms. The van der Waals surface area contributed by atoms with Gasteiger partial charge in [0.1, 0.15) is 5.82 Å². The first kappa shape index (κ1) is 19.8. The van der Waals surface area contributed by atoms with E-state index in [1.54, 1.807) is 11.1 Å². The Hall–Kier alpha value is -4.19. The Morgan fingerprint density at radius 1 is 1.03 bits per heavy atom. The van der Waals surface area contributed by atoms with Crippen molar-refractivity contribution in [3.05, 3.63) is 90.1 Å². The molecule has 0 radical (unpaired) electrons. The number of carbonyl (C=O) groups is 2. The van der Waals surface area contributed by atoms with E-state index in [2.05, 4.69) is 15.3 Å². The van der Waals surface area contributed by atoms with Crippen LogP contribution in [0.4, 0.5) is 5.69 Å². The zero-order chi connectivity index (χ0) is 22.1. The molecule has 0 spiro atoms. The van der Waals surface area contributed by atoms with Crippen LogP contribution in [0.5, 0.6) is 0 Å². The second-order valence-corrected chi connectivity index (χ2v) is 7.82. The van der Waals surface area contributed by atoms with Gasteiger partial charge in [-0.3, -0.25) is 9.59 Å². The molecule has 2 amide bonds. The molecule has 0 saturated carbocycles. The molecular formula is C26H22N4O2. The van der Waals surface area contributed by atoms with Crippen LogP contribution < -0.4 is 5.32 Å². The van der Waals surface area contributed by atoms with Gasteiger partial charge in [0.15, 0.2) is 0 Å². The number of aromatic nitrogens is 2. The van der Waals surface area contributed by atoms with Crippen LogP contribution in [0, 0.1) is 0 Å². The Kier molecular flexibility index (Phi) is 5.03. The summed E-state index contributed by atoms with van der Waals surface area (Å²) in [5, 5.41) is 2.98. The van der Waals surface area contributed by atoms with Gasteiger partial charge in [0, 0.05) is 24.4 Å². The number of benzene rings is 3. The molecule has 0 fully saturated rings. The third-order valence-corrected chi connectivity index (χ3v) is 5.66. The Bertz CT molecular complexity index is 1320. The number of aromatic amines is 1. The molecule has 0 bridgehead atoms. The van der Waals surface area contributed by atoms with Crippen LogP contribution in [-0.4, -0.2) is 26.7 Å². The third-order valence-electron chi connectivity index (χ3n) is 5.66. The van der Waals surface area contributed by atoms with Crippen molar-refractivity contribution >= 4 is 34.6 Å². The summed E-state index contributed by atoms with van der Waals surface area (Å²) < 4.78 is 0. The van der Waals surface area contributed by atoms with E-state index in [9.17, 15) is 9.59 Å². The van der Waals surface area contributed by atoms with Crippen molar-refractivity contribution in [2.45, 2.75) is 19.4 Å². The Morgan fingerprint density at radius 2 is 1.84 bits per heavy atom. The van der Waals surface area contributed by atoms with Gasteiger partial charge in [-0.2, -0.15) is 0 Å². The third kappa shape index (κ3) is 3.78. The summed E-state index contributed by atoms with van der Waals surface area (Å²) in [6.45, 7) is 1.51. The number of hydrogen-bond donors (Lipinski definition) is 2. The lowest BCUT2D eigenvalue weighted by Crippen LogP contribution is -2.33. The molecule has 2 N–H and O–H groups in total. The van der Waals surface area contributed by atoms with E-state index < -0.39 is 0 Å². The minimum Gasteiger partial charge on any atom is -0.338 e. The molecule has 4 aromatic rings. The van der Waals surface area contributed by atoms with Crippen molar-refractivity contribution in [3.8, 4) is 11.4 Å². The van der Waals surface area contributed by atoms with Gasteiger partial charge in [0.05, 0.1) is 23.5 Å². The van der Waals surface area contributed by atoms with Crippen molar-refractivity contribution in [3.63, 3.8) is 0 Å². The molecular weight excluding hydrogens is 400 g/mol. The maximum atomic E-state index is 13.0. The summed E-state index contributed by atoms with van der Waals surface area (Å²) in [4.78, 5) is 34.7. The number of nitrogens with one attached hydrogen (secondary N) is 2. The largest absolute Gasteiger partial charge is 0.338 e. The van der Waals surface area contributed by atoms with Crippen LogP contribution in [-0.2, 0) is 9.59 Å². The molecule has 0 aliphatic carbocycles. The van der Waals surface area contributed by atoms with Crippen LogP contribution >= 0.6 is 0 Å². The molecule has 2 heterocycles. The van der Waals surface area contributed by atoms with Crippen LogP contribution in [0.1, 0.15) is 30.5 Å². The van der Waals surface area contributed by atoms with Crippen LogP contribution in [0.3, 0.4) is 0 Å². The number of carbonyl (C=O) groups excluding carboxylic acids is 2. The molecule has 1 aliphatic rings. The molecule has 1 unspecified atom stereocenters. The number of fused-ring (bicyclic) bond motifs is 2. The minimum absolute atomic E-state index is 0.0968. The van der Waals surface area contributed by atoms with Gasteiger partial charge in [0.25, 0.3) is 0 Å². The average molecular weight is 422 g/mol. The predicted octanol–water partition coefficient (Wildman–Crippen LogP) is 5.13.